The van der Waals surface area contributed by atoms with Crippen LogP contribution in [0.15, 0.2) is 69.6 Å². The number of nitrogen functional groups attached to an aromatic ring is 1. The molecule has 39 heavy (non-hydrogen) atoms. The summed E-state index contributed by atoms with van der Waals surface area (Å²) in [4.78, 5) is 46.6. The molecule has 0 saturated heterocycles. The van der Waals surface area contributed by atoms with Crippen LogP contribution in [0, 0.1) is 0 Å². The zero-order valence-electron chi connectivity index (χ0n) is 20.9. The number of carbonyl (C=O) groups is 4. The van der Waals surface area contributed by atoms with Crippen LogP contribution in [0.2, 0.25) is 0 Å². The summed E-state index contributed by atoms with van der Waals surface area (Å²) in [5, 5.41) is 2.83. The molecule has 0 aliphatic rings. The Hall–Kier alpha value is -3.12. The van der Waals surface area contributed by atoms with Gasteiger partial charge < -0.3 is 25.3 Å². The molecule has 0 fully saturated rings. The summed E-state index contributed by atoms with van der Waals surface area (Å²) < 4.78 is 15.7. The number of carbonyl (C=O) groups excluding carboxylic acids is 4. The van der Waals surface area contributed by atoms with Gasteiger partial charge in [0.05, 0.1) is 41.9 Å². The predicted octanol–water partition coefficient (Wildman–Crippen LogP) is 6.65. The van der Waals surface area contributed by atoms with Crippen LogP contribution in [-0.4, -0.2) is 43.4 Å². The number of amides is 1. The molecule has 0 bridgehead atoms. The molecule has 0 spiro atoms. The zero-order valence-corrected chi connectivity index (χ0v) is 25.6. The number of benzene rings is 3. The standard InChI is InChI=1S/C17H14BrNO5.C8H8BrNO2.CH2Cl2/c1-10(20)24-15-6-4-3-5-12(15)16(21)19-14-8-7-11(18)9-13(14)17(22)23-2;1-12-8(11)6-4-5(9)2-3-7(6)10;2-1-3/h3-9H,1-2H3,(H,19,21);2-4H,10H2,1H3;1H2. The Morgan fingerprint density at radius 3 is 1.90 bits per heavy atom. The molecule has 3 N–H and O–H groups in total. The third-order valence-electron chi connectivity index (χ3n) is 4.44. The fourth-order valence-corrected chi connectivity index (χ4v) is 3.53. The number of nitrogens with two attached hydrogens (primary N) is 1. The molecule has 0 aliphatic heterocycles. The van der Waals surface area contributed by atoms with Crippen LogP contribution in [0.4, 0.5) is 11.4 Å². The van der Waals surface area contributed by atoms with E-state index in [0.29, 0.717) is 15.7 Å². The largest absolute Gasteiger partial charge is 0.465 e. The molecule has 0 saturated carbocycles. The molecule has 0 unspecified atom stereocenters. The molecule has 13 heteroatoms. The van der Waals surface area contributed by atoms with Crippen molar-refractivity contribution < 1.29 is 33.4 Å². The number of halogens is 4. The van der Waals surface area contributed by atoms with E-state index in [2.05, 4.69) is 41.9 Å². The van der Waals surface area contributed by atoms with Crippen molar-refractivity contribution in [1.29, 1.82) is 0 Å². The quantitative estimate of drug-likeness (QED) is 0.130. The average Bonchev–Trinajstić information content (AvgIpc) is 2.91. The fourth-order valence-electron chi connectivity index (χ4n) is 2.81. The van der Waals surface area contributed by atoms with Gasteiger partial charge >= 0.3 is 17.9 Å². The van der Waals surface area contributed by atoms with Crippen molar-refractivity contribution in [2.75, 3.05) is 30.6 Å². The Labute approximate surface area is 252 Å². The van der Waals surface area contributed by atoms with Crippen LogP contribution in [0.1, 0.15) is 38.0 Å². The number of methoxy groups -OCH3 is 2. The molecule has 1 amide bonds. The lowest BCUT2D eigenvalue weighted by Gasteiger charge is -2.12. The van der Waals surface area contributed by atoms with E-state index in [9.17, 15) is 19.2 Å². The first-order valence-electron chi connectivity index (χ1n) is 10.7. The number of anilines is 2. The molecule has 0 atom stereocenters. The van der Waals surface area contributed by atoms with Crippen molar-refractivity contribution in [2.45, 2.75) is 6.92 Å². The van der Waals surface area contributed by atoms with Crippen molar-refractivity contribution in [2.24, 2.45) is 0 Å². The van der Waals surface area contributed by atoms with Crippen LogP contribution >= 0.6 is 55.1 Å². The van der Waals surface area contributed by atoms with Crippen LogP contribution in [0.5, 0.6) is 5.75 Å². The number of esters is 3. The van der Waals surface area contributed by atoms with E-state index < -0.39 is 23.8 Å². The minimum absolute atomic E-state index is 0.138. The molecular weight excluding hydrogens is 683 g/mol. The van der Waals surface area contributed by atoms with Gasteiger partial charge in [-0.15, -0.1) is 23.2 Å². The number of para-hydroxylation sites is 1. The summed E-state index contributed by atoms with van der Waals surface area (Å²) in [7, 11) is 2.58. The van der Waals surface area contributed by atoms with E-state index in [1.165, 1.54) is 33.3 Å². The highest BCUT2D eigenvalue weighted by Crippen LogP contribution is 2.25. The lowest BCUT2D eigenvalue weighted by Crippen LogP contribution is -2.17. The number of ether oxygens (including phenoxy) is 3. The molecule has 208 valence electrons. The van der Waals surface area contributed by atoms with E-state index in [0.717, 1.165) is 4.47 Å². The molecule has 3 aromatic rings. The molecule has 0 heterocycles. The number of rotatable bonds is 5. The summed E-state index contributed by atoms with van der Waals surface area (Å²) in [5.41, 5.74) is 7.00. The van der Waals surface area contributed by atoms with E-state index in [4.69, 9.17) is 38.4 Å². The second-order valence-corrected chi connectivity index (χ2v) is 9.69. The van der Waals surface area contributed by atoms with Gasteiger partial charge in [0.1, 0.15) is 5.75 Å². The number of alkyl halides is 2. The van der Waals surface area contributed by atoms with Crippen LogP contribution in [0.3, 0.4) is 0 Å². The molecule has 0 radical (unpaired) electrons. The van der Waals surface area contributed by atoms with Gasteiger partial charge in [-0.2, -0.15) is 0 Å². The Morgan fingerprint density at radius 2 is 1.33 bits per heavy atom. The van der Waals surface area contributed by atoms with Crippen molar-refractivity contribution in [3.63, 3.8) is 0 Å². The highest BCUT2D eigenvalue weighted by atomic mass is 79.9. The van der Waals surface area contributed by atoms with Gasteiger partial charge in [-0.1, -0.05) is 44.0 Å². The van der Waals surface area contributed by atoms with E-state index in [-0.39, 0.29) is 27.9 Å². The smallest absolute Gasteiger partial charge is 0.340 e. The first kappa shape index (κ1) is 33.9. The predicted molar refractivity (Wildman–Crippen MR) is 158 cm³/mol. The van der Waals surface area contributed by atoms with Crippen molar-refractivity contribution in [1.82, 2.24) is 0 Å². The number of hydrogen-bond donors (Lipinski definition) is 2. The fraction of sp³-hybridized carbons (Fsp3) is 0.154. The van der Waals surface area contributed by atoms with Gasteiger partial charge in [0.25, 0.3) is 5.91 Å². The summed E-state index contributed by atoms with van der Waals surface area (Å²) in [5.74, 6) is -1.92. The van der Waals surface area contributed by atoms with Crippen LogP contribution in [0.25, 0.3) is 0 Å². The minimum atomic E-state index is -0.583. The van der Waals surface area contributed by atoms with E-state index in [1.54, 1.807) is 48.5 Å². The molecule has 3 rings (SSSR count). The van der Waals surface area contributed by atoms with Gasteiger partial charge in [0.15, 0.2) is 0 Å². The van der Waals surface area contributed by atoms with Crippen molar-refractivity contribution in [3.05, 3.63) is 86.3 Å². The maximum absolute atomic E-state index is 12.5. The van der Waals surface area contributed by atoms with Gasteiger partial charge in [-0.3, -0.25) is 9.59 Å². The SMILES string of the molecule is COC(=O)c1cc(Br)ccc1N.COC(=O)c1cc(Br)ccc1NC(=O)c1ccccc1OC(C)=O.ClCCl. The molecule has 3 aromatic carbocycles. The van der Waals surface area contributed by atoms with Crippen molar-refractivity contribution >= 4 is 90.3 Å². The zero-order chi connectivity index (χ0) is 29.5. The molecule has 0 aliphatic carbocycles. The highest BCUT2D eigenvalue weighted by molar-refractivity contribution is 9.10. The van der Waals surface area contributed by atoms with Crippen molar-refractivity contribution in [3.8, 4) is 5.75 Å². The summed E-state index contributed by atoms with van der Waals surface area (Å²) in [6, 6.07) is 16.2. The number of hydrogen-bond acceptors (Lipinski definition) is 8. The number of nitrogens with one attached hydrogen (secondary N) is 1. The second kappa shape index (κ2) is 17.5. The first-order chi connectivity index (χ1) is 18.5. The van der Waals surface area contributed by atoms with E-state index in [1.807, 2.05) is 0 Å². The van der Waals surface area contributed by atoms with Gasteiger partial charge in [0, 0.05) is 21.6 Å². The average molecular weight is 707 g/mol. The first-order valence-corrected chi connectivity index (χ1v) is 13.4. The third kappa shape index (κ3) is 11.3. The molecule has 9 nitrogen and oxygen atoms in total. The monoisotopic (exact) mass is 704 g/mol. The molecular formula is C26H24Br2Cl2N2O7. The van der Waals surface area contributed by atoms with E-state index >= 15 is 0 Å². The Bertz CT molecular complexity index is 1320. The lowest BCUT2D eigenvalue weighted by atomic mass is 10.1. The van der Waals surface area contributed by atoms with Gasteiger partial charge in [-0.05, 0) is 48.5 Å². The lowest BCUT2D eigenvalue weighted by molar-refractivity contribution is -0.131. The maximum atomic E-state index is 12.5. The third-order valence-corrected chi connectivity index (χ3v) is 5.43. The Balaban J connectivity index is 0.000000422. The minimum Gasteiger partial charge on any atom is -0.465 e. The summed E-state index contributed by atoms with van der Waals surface area (Å²) in [6.45, 7) is 1.25. The van der Waals surface area contributed by atoms with Crippen LogP contribution in [-0.2, 0) is 14.3 Å². The summed E-state index contributed by atoms with van der Waals surface area (Å²) in [6.07, 6.45) is 0. The maximum Gasteiger partial charge on any atom is 0.340 e. The highest BCUT2D eigenvalue weighted by Gasteiger charge is 2.18. The Kier molecular flexibility index (Phi) is 15.2. The second-order valence-electron chi connectivity index (χ2n) is 7.05. The summed E-state index contributed by atoms with van der Waals surface area (Å²) >= 11 is 16.0. The Morgan fingerprint density at radius 1 is 0.821 bits per heavy atom. The van der Waals surface area contributed by atoms with Crippen LogP contribution < -0.4 is 15.8 Å². The van der Waals surface area contributed by atoms with Gasteiger partial charge in [-0.25, -0.2) is 9.59 Å². The topological polar surface area (TPSA) is 134 Å². The molecule has 0 aromatic heterocycles. The van der Waals surface area contributed by atoms with Gasteiger partial charge in [0.2, 0.25) is 0 Å². The normalized spacial score (nSPS) is 9.51.